The van der Waals surface area contributed by atoms with Crippen LogP contribution in [-0.2, 0) is 4.79 Å². The van der Waals surface area contributed by atoms with Gasteiger partial charge in [0.15, 0.2) is 0 Å². The molecule has 0 spiro atoms. The van der Waals surface area contributed by atoms with Gasteiger partial charge in [0.25, 0.3) is 0 Å². The molecule has 2 rings (SSSR count). The summed E-state index contributed by atoms with van der Waals surface area (Å²) in [7, 11) is 0. The topological polar surface area (TPSA) is 78.4 Å². The Morgan fingerprint density at radius 1 is 1.32 bits per heavy atom. The minimum Gasteiger partial charge on any atom is -0.363 e. The van der Waals surface area contributed by atoms with Crippen LogP contribution in [-0.4, -0.2) is 28.8 Å². The lowest BCUT2D eigenvalue weighted by molar-refractivity contribution is -0.290. The maximum absolute atomic E-state index is 13.2. The number of carbonyl (C=O) groups is 2. The third-order valence-corrected chi connectivity index (χ3v) is 4.00. The summed E-state index contributed by atoms with van der Waals surface area (Å²) in [5.41, 5.74) is -3.35. The van der Waals surface area contributed by atoms with Gasteiger partial charge in [-0.15, -0.1) is 0 Å². The Kier molecular flexibility index (Phi) is 4.22. The SMILES string of the molecule is CC(=O)C1C(c2ccc(Br)cc2)NC(=O)NC1(O)C(F)(F)F. The van der Waals surface area contributed by atoms with Gasteiger partial charge in [-0.05, 0) is 24.6 Å². The zero-order valence-corrected chi connectivity index (χ0v) is 12.8. The molecule has 0 aromatic heterocycles. The molecule has 5 nitrogen and oxygen atoms in total. The second-order valence-corrected chi connectivity index (χ2v) is 5.90. The predicted octanol–water partition coefficient (Wildman–Crippen LogP) is 2.26. The summed E-state index contributed by atoms with van der Waals surface area (Å²) >= 11 is 3.18. The van der Waals surface area contributed by atoms with Crippen molar-refractivity contribution in [3.63, 3.8) is 0 Å². The molecular weight excluding hydrogens is 369 g/mol. The molecule has 3 N–H and O–H groups in total. The first-order valence-electron chi connectivity index (χ1n) is 6.20. The maximum Gasteiger partial charge on any atom is 0.437 e. The van der Waals surface area contributed by atoms with E-state index < -0.39 is 35.7 Å². The smallest absolute Gasteiger partial charge is 0.363 e. The number of hydrogen-bond donors (Lipinski definition) is 3. The van der Waals surface area contributed by atoms with Crippen LogP contribution in [0.4, 0.5) is 18.0 Å². The quantitative estimate of drug-likeness (QED) is 0.736. The molecule has 9 heteroatoms. The van der Waals surface area contributed by atoms with Crippen LogP contribution in [0.2, 0.25) is 0 Å². The van der Waals surface area contributed by atoms with Crippen molar-refractivity contribution in [1.82, 2.24) is 10.6 Å². The van der Waals surface area contributed by atoms with E-state index in [-0.39, 0.29) is 5.56 Å². The molecule has 1 fully saturated rings. The van der Waals surface area contributed by atoms with Gasteiger partial charge in [-0.2, -0.15) is 13.2 Å². The first kappa shape index (κ1) is 16.8. The fraction of sp³-hybridized carbons (Fsp3) is 0.385. The van der Waals surface area contributed by atoms with E-state index >= 15 is 0 Å². The van der Waals surface area contributed by atoms with Crippen LogP contribution in [0.3, 0.4) is 0 Å². The number of amides is 2. The standard InChI is InChI=1S/C13H12BrF3N2O3/c1-6(20)9-10(7-2-4-8(14)5-3-7)18-11(21)19-12(9,22)13(15,16)17/h2-5,9-10,22H,1H3,(H2,18,19,21). The molecule has 3 atom stereocenters. The Morgan fingerprint density at radius 3 is 2.32 bits per heavy atom. The summed E-state index contributed by atoms with van der Waals surface area (Å²) in [5.74, 6) is -2.81. The van der Waals surface area contributed by atoms with Crippen molar-refractivity contribution >= 4 is 27.7 Å². The number of benzene rings is 1. The van der Waals surface area contributed by atoms with Crippen molar-refractivity contribution < 1.29 is 27.9 Å². The number of aliphatic hydroxyl groups is 1. The Hall–Kier alpha value is -1.61. The van der Waals surface area contributed by atoms with Gasteiger partial charge < -0.3 is 15.7 Å². The molecule has 1 saturated heterocycles. The van der Waals surface area contributed by atoms with Crippen LogP contribution in [0.5, 0.6) is 0 Å². The molecule has 120 valence electrons. The van der Waals surface area contributed by atoms with Crippen molar-refractivity contribution in [2.75, 3.05) is 0 Å². The van der Waals surface area contributed by atoms with E-state index in [9.17, 15) is 27.9 Å². The summed E-state index contributed by atoms with van der Waals surface area (Å²) in [4.78, 5) is 23.3. The third kappa shape index (κ3) is 2.82. The summed E-state index contributed by atoms with van der Waals surface area (Å²) in [6.07, 6.45) is -5.20. The minimum absolute atomic E-state index is 0.279. The van der Waals surface area contributed by atoms with E-state index in [4.69, 9.17) is 0 Å². The van der Waals surface area contributed by atoms with Crippen molar-refractivity contribution in [2.45, 2.75) is 24.9 Å². The van der Waals surface area contributed by atoms with Crippen molar-refractivity contribution in [3.05, 3.63) is 34.3 Å². The van der Waals surface area contributed by atoms with Gasteiger partial charge in [-0.25, -0.2) is 4.79 Å². The molecule has 1 aromatic rings. The van der Waals surface area contributed by atoms with E-state index in [2.05, 4.69) is 21.2 Å². The Bertz CT molecular complexity index is 606. The first-order chi connectivity index (χ1) is 10.1. The molecule has 0 radical (unpaired) electrons. The van der Waals surface area contributed by atoms with Gasteiger partial charge in [0, 0.05) is 4.47 Å². The molecule has 0 bridgehead atoms. The predicted molar refractivity (Wildman–Crippen MR) is 73.7 cm³/mol. The highest BCUT2D eigenvalue weighted by atomic mass is 79.9. The number of nitrogens with one attached hydrogen (secondary N) is 2. The molecule has 1 aliphatic heterocycles. The van der Waals surface area contributed by atoms with Gasteiger partial charge >= 0.3 is 12.2 Å². The molecular formula is C13H12BrF3N2O3. The fourth-order valence-corrected chi connectivity index (χ4v) is 2.74. The van der Waals surface area contributed by atoms with Crippen molar-refractivity contribution in [2.24, 2.45) is 5.92 Å². The second kappa shape index (κ2) is 5.54. The minimum atomic E-state index is -5.20. The Balaban J connectivity index is 2.54. The van der Waals surface area contributed by atoms with Crippen LogP contribution < -0.4 is 10.6 Å². The summed E-state index contributed by atoms with van der Waals surface area (Å²) in [6, 6.07) is 3.55. The van der Waals surface area contributed by atoms with E-state index in [0.717, 1.165) is 6.92 Å². The number of hydrogen-bond acceptors (Lipinski definition) is 3. The van der Waals surface area contributed by atoms with Gasteiger partial charge in [-0.1, -0.05) is 28.1 Å². The molecule has 3 unspecified atom stereocenters. The normalized spacial score (nSPS) is 28.7. The molecule has 2 amide bonds. The summed E-state index contributed by atoms with van der Waals surface area (Å²) in [5, 5.41) is 13.7. The van der Waals surface area contributed by atoms with Crippen LogP contribution in [0.25, 0.3) is 0 Å². The number of Topliss-reactive ketones (excluding diaryl/α,β-unsaturated/α-hetero) is 1. The number of ketones is 1. The summed E-state index contributed by atoms with van der Waals surface area (Å²) in [6.45, 7) is 0.937. The molecule has 22 heavy (non-hydrogen) atoms. The Morgan fingerprint density at radius 2 is 1.86 bits per heavy atom. The lowest BCUT2D eigenvalue weighted by Gasteiger charge is -2.44. The largest absolute Gasteiger partial charge is 0.437 e. The molecule has 1 aromatic carbocycles. The van der Waals surface area contributed by atoms with E-state index in [1.54, 1.807) is 12.1 Å². The Labute approximate surface area is 132 Å². The summed E-state index contributed by atoms with van der Waals surface area (Å²) < 4.78 is 40.3. The number of alkyl halides is 3. The van der Waals surface area contributed by atoms with Crippen LogP contribution in [0, 0.1) is 5.92 Å². The number of rotatable bonds is 2. The highest BCUT2D eigenvalue weighted by Gasteiger charge is 2.65. The molecule has 0 aliphatic carbocycles. The average Bonchev–Trinajstić information content (AvgIpc) is 2.36. The highest BCUT2D eigenvalue weighted by molar-refractivity contribution is 9.10. The van der Waals surface area contributed by atoms with Gasteiger partial charge in [0.05, 0.1) is 12.0 Å². The lowest BCUT2D eigenvalue weighted by atomic mass is 9.79. The zero-order chi connectivity index (χ0) is 16.7. The van der Waals surface area contributed by atoms with Crippen molar-refractivity contribution in [1.29, 1.82) is 0 Å². The third-order valence-electron chi connectivity index (χ3n) is 3.47. The average molecular weight is 381 g/mol. The molecule has 1 aliphatic rings. The van der Waals surface area contributed by atoms with Crippen LogP contribution >= 0.6 is 15.9 Å². The van der Waals surface area contributed by atoms with Crippen LogP contribution in [0.1, 0.15) is 18.5 Å². The zero-order valence-electron chi connectivity index (χ0n) is 11.2. The van der Waals surface area contributed by atoms with Gasteiger partial charge in [0.1, 0.15) is 5.78 Å². The number of halogens is 4. The second-order valence-electron chi connectivity index (χ2n) is 4.98. The van der Waals surface area contributed by atoms with Gasteiger partial charge in [0.2, 0.25) is 5.72 Å². The lowest BCUT2D eigenvalue weighted by Crippen LogP contribution is -2.72. The number of carbonyl (C=O) groups excluding carboxylic acids is 2. The molecule has 0 saturated carbocycles. The van der Waals surface area contributed by atoms with Crippen molar-refractivity contribution in [3.8, 4) is 0 Å². The highest BCUT2D eigenvalue weighted by Crippen LogP contribution is 2.42. The van der Waals surface area contributed by atoms with E-state index in [1.165, 1.54) is 17.4 Å². The first-order valence-corrected chi connectivity index (χ1v) is 6.99. The van der Waals surface area contributed by atoms with Crippen LogP contribution in [0.15, 0.2) is 28.7 Å². The number of urea groups is 1. The fourth-order valence-electron chi connectivity index (χ4n) is 2.47. The maximum atomic E-state index is 13.2. The van der Waals surface area contributed by atoms with E-state index in [0.29, 0.717) is 4.47 Å². The molecule has 1 heterocycles. The van der Waals surface area contributed by atoms with E-state index in [1.807, 2.05) is 0 Å². The van der Waals surface area contributed by atoms with Gasteiger partial charge in [-0.3, -0.25) is 4.79 Å². The monoisotopic (exact) mass is 380 g/mol.